The van der Waals surface area contributed by atoms with E-state index in [1.165, 1.54) is 6.26 Å². The Morgan fingerprint density at radius 2 is 1.65 bits per heavy atom. The third-order valence-electron chi connectivity index (χ3n) is 4.24. The van der Waals surface area contributed by atoms with E-state index in [9.17, 15) is 13.2 Å². The van der Waals surface area contributed by atoms with Gasteiger partial charge in [0.1, 0.15) is 0 Å². The molecule has 0 N–H and O–H groups in total. The highest BCUT2D eigenvalue weighted by atomic mass is 32.2. The first-order valence-corrected chi connectivity index (χ1v) is 10.4. The average molecular weight is 367 g/mol. The molecule has 0 saturated heterocycles. The fourth-order valence-corrected chi connectivity index (χ4v) is 3.86. The average Bonchev–Trinajstić information content (AvgIpc) is 2.60. The summed E-state index contributed by atoms with van der Waals surface area (Å²) >= 11 is 0. The van der Waals surface area contributed by atoms with Gasteiger partial charge >= 0.3 is 0 Å². The first kappa shape index (κ1) is 18.1. The quantitative estimate of drug-likeness (QED) is 0.692. The molecule has 0 unspecified atom stereocenters. The van der Waals surface area contributed by atoms with Crippen molar-refractivity contribution in [2.45, 2.75) is 12.3 Å². The summed E-state index contributed by atoms with van der Waals surface area (Å²) in [6.45, 7) is 0.483. The Kier molecular flexibility index (Phi) is 5.09. The van der Waals surface area contributed by atoms with Crippen molar-refractivity contribution in [1.82, 2.24) is 4.90 Å². The van der Waals surface area contributed by atoms with Crippen molar-refractivity contribution in [3.8, 4) is 0 Å². The van der Waals surface area contributed by atoms with Crippen LogP contribution in [0, 0.1) is 0 Å². The summed E-state index contributed by atoms with van der Waals surface area (Å²) in [5.41, 5.74) is 2.19. The highest BCUT2D eigenvalue weighted by Gasteiger charge is 2.14. The van der Waals surface area contributed by atoms with Gasteiger partial charge in [0.2, 0.25) is 0 Å². The van der Waals surface area contributed by atoms with Crippen molar-refractivity contribution >= 4 is 26.5 Å². The molecule has 26 heavy (non-hydrogen) atoms. The third-order valence-corrected chi connectivity index (χ3v) is 5.09. The second-order valence-electron chi connectivity index (χ2n) is 6.57. The summed E-state index contributed by atoms with van der Waals surface area (Å²) in [5, 5.41) is 2.27. The van der Waals surface area contributed by atoms with Crippen LogP contribution in [-0.4, -0.2) is 32.5 Å². The summed E-state index contributed by atoms with van der Waals surface area (Å²) in [5.74, 6) is -0.200. The van der Waals surface area contributed by atoms with E-state index in [4.69, 9.17) is 0 Å². The van der Waals surface area contributed by atoms with Crippen molar-refractivity contribution < 1.29 is 13.2 Å². The first-order chi connectivity index (χ1) is 12.3. The predicted octanol–water partition coefficient (Wildman–Crippen LogP) is 3.66. The van der Waals surface area contributed by atoms with E-state index in [0.29, 0.717) is 17.7 Å². The van der Waals surface area contributed by atoms with E-state index in [1.54, 1.807) is 36.2 Å². The Labute approximate surface area is 154 Å². The molecule has 0 bridgehead atoms. The SMILES string of the molecule is CN(Cc1cccc2ccccc12)C(=O)c1cccc(CS(C)(=O)=O)c1. The molecule has 0 spiro atoms. The third kappa shape index (κ3) is 4.29. The molecular formula is C21H21NO3S. The highest BCUT2D eigenvalue weighted by molar-refractivity contribution is 7.89. The molecule has 0 radical (unpaired) electrons. The molecule has 0 aromatic heterocycles. The Morgan fingerprint density at radius 1 is 0.962 bits per heavy atom. The molecule has 134 valence electrons. The van der Waals surface area contributed by atoms with E-state index in [-0.39, 0.29) is 11.7 Å². The summed E-state index contributed by atoms with van der Waals surface area (Å²) < 4.78 is 23.0. The van der Waals surface area contributed by atoms with Crippen LogP contribution < -0.4 is 0 Å². The van der Waals surface area contributed by atoms with E-state index < -0.39 is 9.84 Å². The molecule has 0 atom stereocenters. The van der Waals surface area contributed by atoms with Gasteiger partial charge in [-0.3, -0.25) is 4.79 Å². The lowest BCUT2D eigenvalue weighted by atomic mass is 10.0. The molecule has 0 aliphatic carbocycles. The molecule has 4 nitrogen and oxygen atoms in total. The number of hydrogen-bond donors (Lipinski definition) is 0. The smallest absolute Gasteiger partial charge is 0.253 e. The number of benzene rings is 3. The Bertz CT molecular complexity index is 1050. The van der Waals surface area contributed by atoms with Crippen LogP contribution in [0.25, 0.3) is 10.8 Å². The van der Waals surface area contributed by atoms with Gasteiger partial charge in [0.15, 0.2) is 9.84 Å². The van der Waals surface area contributed by atoms with E-state index in [1.807, 2.05) is 24.3 Å². The van der Waals surface area contributed by atoms with Crippen molar-refractivity contribution in [3.05, 3.63) is 83.4 Å². The van der Waals surface area contributed by atoms with Crippen LogP contribution >= 0.6 is 0 Å². The molecule has 3 aromatic rings. The van der Waals surface area contributed by atoms with Gasteiger partial charge in [0, 0.05) is 25.4 Å². The summed E-state index contributed by atoms with van der Waals surface area (Å²) in [4.78, 5) is 14.4. The monoisotopic (exact) mass is 367 g/mol. The second kappa shape index (κ2) is 7.30. The maximum atomic E-state index is 12.8. The van der Waals surface area contributed by atoms with E-state index in [0.717, 1.165) is 16.3 Å². The minimum absolute atomic E-state index is 0.0683. The largest absolute Gasteiger partial charge is 0.337 e. The van der Waals surface area contributed by atoms with Crippen LogP contribution in [-0.2, 0) is 22.1 Å². The standard InChI is InChI=1S/C21H21NO3S/c1-22(14-19-11-6-9-17-8-3-4-12-20(17)19)21(23)18-10-5-7-16(13-18)15-26(2,24)25/h3-13H,14-15H2,1-2H3. The summed E-state index contributed by atoms with van der Waals surface area (Å²) in [6.07, 6.45) is 1.19. The number of nitrogens with zero attached hydrogens (tertiary/aromatic N) is 1. The number of amides is 1. The number of hydrogen-bond acceptors (Lipinski definition) is 3. The molecule has 0 aliphatic rings. The number of fused-ring (bicyclic) bond motifs is 1. The fraction of sp³-hybridized carbons (Fsp3) is 0.190. The number of carbonyl (C=O) groups excluding carboxylic acids is 1. The maximum absolute atomic E-state index is 12.8. The lowest BCUT2D eigenvalue weighted by molar-refractivity contribution is 0.0785. The second-order valence-corrected chi connectivity index (χ2v) is 8.71. The Balaban J connectivity index is 1.83. The van der Waals surface area contributed by atoms with Crippen molar-refractivity contribution in [3.63, 3.8) is 0 Å². The van der Waals surface area contributed by atoms with Crippen LogP contribution in [0.5, 0.6) is 0 Å². The highest BCUT2D eigenvalue weighted by Crippen LogP contribution is 2.20. The first-order valence-electron chi connectivity index (χ1n) is 8.32. The lowest BCUT2D eigenvalue weighted by Gasteiger charge is -2.19. The van der Waals surface area contributed by atoms with Gasteiger partial charge in [-0.25, -0.2) is 8.42 Å². The molecule has 0 aliphatic heterocycles. The molecule has 0 heterocycles. The molecule has 1 amide bonds. The van der Waals surface area contributed by atoms with Crippen LogP contribution in [0.15, 0.2) is 66.7 Å². The normalized spacial score (nSPS) is 11.5. The van der Waals surface area contributed by atoms with Gasteiger partial charge in [-0.05, 0) is 34.0 Å². The van der Waals surface area contributed by atoms with Crippen LogP contribution in [0.2, 0.25) is 0 Å². The van der Waals surface area contributed by atoms with Gasteiger partial charge in [0.25, 0.3) is 5.91 Å². The number of rotatable bonds is 5. The van der Waals surface area contributed by atoms with Gasteiger partial charge in [-0.2, -0.15) is 0 Å². The molecule has 0 fully saturated rings. The topological polar surface area (TPSA) is 54.5 Å². The molecule has 3 aromatic carbocycles. The van der Waals surface area contributed by atoms with Crippen molar-refractivity contribution in [2.75, 3.05) is 13.3 Å². The Hall–Kier alpha value is -2.66. The zero-order chi connectivity index (χ0) is 18.7. The number of sulfone groups is 1. The van der Waals surface area contributed by atoms with Gasteiger partial charge < -0.3 is 4.90 Å². The Morgan fingerprint density at radius 3 is 2.42 bits per heavy atom. The van der Waals surface area contributed by atoms with E-state index >= 15 is 0 Å². The zero-order valence-electron chi connectivity index (χ0n) is 14.8. The predicted molar refractivity (Wildman–Crippen MR) is 105 cm³/mol. The molecule has 3 rings (SSSR count). The van der Waals surface area contributed by atoms with Crippen LogP contribution in [0.3, 0.4) is 0 Å². The van der Waals surface area contributed by atoms with Gasteiger partial charge in [-0.1, -0.05) is 54.6 Å². The van der Waals surface area contributed by atoms with Crippen LogP contribution in [0.1, 0.15) is 21.5 Å². The minimum atomic E-state index is -3.14. The fourth-order valence-electron chi connectivity index (χ4n) is 3.07. The van der Waals surface area contributed by atoms with Crippen molar-refractivity contribution in [1.29, 1.82) is 0 Å². The molecule has 5 heteroatoms. The molecule has 0 saturated carbocycles. The lowest BCUT2D eigenvalue weighted by Crippen LogP contribution is -2.26. The van der Waals surface area contributed by atoms with Crippen LogP contribution in [0.4, 0.5) is 0 Å². The molecular weight excluding hydrogens is 346 g/mol. The summed E-state index contributed by atoms with van der Waals surface area (Å²) in [6, 6.07) is 21.0. The van der Waals surface area contributed by atoms with E-state index in [2.05, 4.69) is 18.2 Å². The van der Waals surface area contributed by atoms with Crippen molar-refractivity contribution in [2.24, 2.45) is 0 Å². The van der Waals surface area contributed by atoms with Gasteiger partial charge in [-0.15, -0.1) is 0 Å². The minimum Gasteiger partial charge on any atom is -0.337 e. The summed E-state index contributed by atoms with van der Waals surface area (Å²) in [7, 11) is -1.38. The zero-order valence-corrected chi connectivity index (χ0v) is 15.7. The number of carbonyl (C=O) groups is 1. The maximum Gasteiger partial charge on any atom is 0.253 e. The van der Waals surface area contributed by atoms with Gasteiger partial charge in [0.05, 0.1) is 5.75 Å².